The highest BCUT2D eigenvalue weighted by Gasteiger charge is 2.21. The van der Waals surface area contributed by atoms with Crippen molar-refractivity contribution in [2.45, 2.75) is 49.3 Å². The zero-order valence-corrected chi connectivity index (χ0v) is 12.8. The summed E-state index contributed by atoms with van der Waals surface area (Å²) in [6.45, 7) is 3.26. The Bertz CT molecular complexity index is 394. The second-order valence-electron chi connectivity index (χ2n) is 5.27. The van der Waals surface area contributed by atoms with Crippen LogP contribution in [-0.2, 0) is 6.54 Å². The summed E-state index contributed by atoms with van der Waals surface area (Å²) in [7, 11) is 1.98. The lowest BCUT2D eigenvalue weighted by atomic mass is 9.91. The predicted molar refractivity (Wildman–Crippen MR) is 81.5 cm³/mol. The molecular formula is C15H22ClNS. The Morgan fingerprint density at radius 1 is 1.39 bits per heavy atom. The van der Waals surface area contributed by atoms with Gasteiger partial charge >= 0.3 is 0 Å². The molecule has 0 heterocycles. The first-order chi connectivity index (χ1) is 8.70. The Balaban J connectivity index is 2.11. The van der Waals surface area contributed by atoms with Gasteiger partial charge in [0.05, 0.1) is 5.02 Å². The maximum atomic E-state index is 6.37. The van der Waals surface area contributed by atoms with E-state index in [0.29, 0.717) is 0 Å². The predicted octanol–water partition coefficient (Wildman–Crippen LogP) is 4.73. The number of rotatable bonds is 4. The highest BCUT2D eigenvalue weighted by molar-refractivity contribution is 8.00. The minimum Gasteiger partial charge on any atom is -0.316 e. The molecule has 1 N–H and O–H groups in total. The summed E-state index contributed by atoms with van der Waals surface area (Å²) in [4.78, 5) is 1.28. The van der Waals surface area contributed by atoms with Crippen molar-refractivity contribution in [1.29, 1.82) is 0 Å². The van der Waals surface area contributed by atoms with Crippen LogP contribution >= 0.6 is 23.4 Å². The summed E-state index contributed by atoms with van der Waals surface area (Å²) in [6.07, 6.45) is 5.42. The van der Waals surface area contributed by atoms with Crippen molar-refractivity contribution in [3.63, 3.8) is 0 Å². The lowest BCUT2D eigenvalue weighted by Gasteiger charge is -2.27. The molecule has 3 heteroatoms. The molecule has 1 nitrogen and oxygen atoms in total. The van der Waals surface area contributed by atoms with Gasteiger partial charge in [-0.3, -0.25) is 0 Å². The van der Waals surface area contributed by atoms with E-state index in [1.807, 2.05) is 30.9 Å². The van der Waals surface area contributed by atoms with Gasteiger partial charge in [-0.2, -0.15) is 0 Å². The minimum absolute atomic E-state index is 0.740. The first-order valence-corrected chi connectivity index (χ1v) is 8.05. The Labute approximate surface area is 120 Å². The van der Waals surface area contributed by atoms with Crippen molar-refractivity contribution >= 4 is 23.4 Å². The van der Waals surface area contributed by atoms with Gasteiger partial charge < -0.3 is 5.32 Å². The van der Waals surface area contributed by atoms with Crippen molar-refractivity contribution in [1.82, 2.24) is 5.32 Å². The van der Waals surface area contributed by atoms with Crippen LogP contribution in [0.15, 0.2) is 23.1 Å². The third-order valence-corrected chi connectivity index (χ3v) is 5.49. The van der Waals surface area contributed by atoms with Gasteiger partial charge in [-0.25, -0.2) is 0 Å². The average Bonchev–Trinajstić information content (AvgIpc) is 2.34. The zero-order chi connectivity index (χ0) is 13.0. The van der Waals surface area contributed by atoms with E-state index < -0.39 is 0 Å². The third kappa shape index (κ3) is 3.66. The third-order valence-electron chi connectivity index (χ3n) is 3.59. The Hall–Kier alpha value is -0.180. The molecule has 0 radical (unpaired) electrons. The first kappa shape index (κ1) is 14.2. The molecule has 1 aliphatic carbocycles. The van der Waals surface area contributed by atoms with Crippen molar-refractivity contribution in [2.75, 3.05) is 7.05 Å². The van der Waals surface area contributed by atoms with Crippen LogP contribution in [0.1, 0.15) is 38.2 Å². The van der Waals surface area contributed by atoms with Crippen LogP contribution < -0.4 is 5.32 Å². The highest BCUT2D eigenvalue weighted by atomic mass is 35.5. The molecule has 1 aromatic carbocycles. The Kier molecular flexibility index (Phi) is 5.40. The van der Waals surface area contributed by atoms with Crippen LogP contribution in [0.4, 0.5) is 0 Å². The molecule has 0 spiro atoms. The van der Waals surface area contributed by atoms with Crippen molar-refractivity contribution in [2.24, 2.45) is 5.92 Å². The monoisotopic (exact) mass is 283 g/mol. The van der Waals surface area contributed by atoms with Crippen LogP contribution in [0.5, 0.6) is 0 Å². The van der Waals surface area contributed by atoms with Gasteiger partial charge in [-0.15, -0.1) is 11.8 Å². The second kappa shape index (κ2) is 6.83. The SMILES string of the molecule is CNCc1cccc(Cl)c1SC1CCCC(C)C1. The van der Waals surface area contributed by atoms with Crippen molar-refractivity contribution in [3.05, 3.63) is 28.8 Å². The van der Waals surface area contributed by atoms with Crippen LogP contribution in [0.2, 0.25) is 5.02 Å². The quantitative estimate of drug-likeness (QED) is 0.857. The fourth-order valence-corrected chi connectivity index (χ4v) is 4.51. The molecule has 0 aliphatic heterocycles. The number of thioether (sulfide) groups is 1. The average molecular weight is 284 g/mol. The fourth-order valence-electron chi connectivity index (χ4n) is 2.67. The van der Waals surface area contributed by atoms with E-state index in [0.717, 1.165) is 22.7 Å². The molecule has 0 bridgehead atoms. The topological polar surface area (TPSA) is 12.0 Å². The number of benzene rings is 1. The summed E-state index contributed by atoms with van der Waals surface area (Å²) < 4.78 is 0. The maximum Gasteiger partial charge on any atom is 0.0545 e. The molecule has 1 saturated carbocycles. The molecule has 2 atom stereocenters. The van der Waals surface area contributed by atoms with E-state index in [-0.39, 0.29) is 0 Å². The van der Waals surface area contributed by atoms with E-state index in [9.17, 15) is 0 Å². The van der Waals surface area contributed by atoms with Gasteiger partial charge in [0.2, 0.25) is 0 Å². The molecule has 2 unspecified atom stereocenters. The molecule has 0 saturated heterocycles. The molecule has 0 aromatic heterocycles. The van der Waals surface area contributed by atoms with E-state index in [1.165, 1.54) is 36.1 Å². The lowest BCUT2D eigenvalue weighted by Crippen LogP contribution is -2.15. The van der Waals surface area contributed by atoms with Crippen molar-refractivity contribution in [3.8, 4) is 0 Å². The van der Waals surface area contributed by atoms with Crippen LogP contribution in [0.25, 0.3) is 0 Å². The summed E-state index contributed by atoms with van der Waals surface area (Å²) in [6, 6.07) is 6.23. The van der Waals surface area contributed by atoms with E-state index >= 15 is 0 Å². The molecule has 18 heavy (non-hydrogen) atoms. The highest BCUT2D eigenvalue weighted by Crippen LogP contribution is 2.40. The normalized spacial score (nSPS) is 24.2. The first-order valence-electron chi connectivity index (χ1n) is 6.79. The fraction of sp³-hybridized carbons (Fsp3) is 0.600. The van der Waals surface area contributed by atoms with E-state index in [1.54, 1.807) is 0 Å². The Morgan fingerprint density at radius 3 is 2.94 bits per heavy atom. The second-order valence-corrected chi connectivity index (χ2v) is 6.99. The summed E-state index contributed by atoms with van der Waals surface area (Å²) in [5, 5.41) is 4.87. The largest absolute Gasteiger partial charge is 0.316 e. The van der Waals surface area contributed by atoms with Gasteiger partial charge in [0, 0.05) is 16.7 Å². The lowest BCUT2D eigenvalue weighted by molar-refractivity contribution is 0.394. The standard InChI is InChI=1S/C15H22ClNS/c1-11-5-3-7-13(9-11)18-15-12(10-17-2)6-4-8-14(15)16/h4,6,8,11,13,17H,3,5,7,9-10H2,1-2H3. The number of hydrogen-bond acceptors (Lipinski definition) is 2. The number of hydrogen-bond donors (Lipinski definition) is 1. The van der Waals surface area contributed by atoms with Crippen LogP contribution in [-0.4, -0.2) is 12.3 Å². The summed E-state index contributed by atoms with van der Waals surface area (Å²) in [5.74, 6) is 0.867. The zero-order valence-electron chi connectivity index (χ0n) is 11.2. The smallest absolute Gasteiger partial charge is 0.0545 e. The molecule has 2 rings (SSSR count). The molecule has 1 fully saturated rings. The summed E-state index contributed by atoms with van der Waals surface area (Å²) in [5.41, 5.74) is 1.33. The van der Waals surface area contributed by atoms with Crippen LogP contribution in [0, 0.1) is 5.92 Å². The molecule has 100 valence electrons. The summed E-state index contributed by atoms with van der Waals surface area (Å²) >= 11 is 8.36. The number of halogens is 1. The van der Waals surface area contributed by atoms with Gasteiger partial charge in [-0.05, 0) is 37.4 Å². The minimum atomic E-state index is 0.740. The maximum absolute atomic E-state index is 6.37. The number of nitrogens with one attached hydrogen (secondary N) is 1. The van der Waals surface area contributed by atoms with Crippen molar-refractivity contribution < 1.29 is 0 Å². The van der Waals surface area contributed by atoms with Gasteiger partial charge in [-0.1, -0.05) is 43.5 Å². The van der Waals surface area contributed by atoms with E-state index in [4.69, 9.17) is 11.6 Å². The van der Waals surface area contributed by atoms with Crippen LogP contribution in [0.3, 0.4) is 0 Å². The van der Waals surface area contributed by atoms with Gasteiger partial charge in [0.25, 0.3) is 0 Å². The molecule has 1 aliphatic rings. The van der Waals surface area contributed by atoms with Gasteiger partial charge in [0.1, 0.15) is 0 Å². The molecule has 1 aromatic rings. The Morgan fingerprint density at radius 2 is 2.22 bits per heavy atom. The van der Waals surface area contributed by atoms with Gasteiger partial charge in [0.15, 0.2) is 0 Å². The molecular weight excluding hydrogens is 262 g/mol. The molecule has 0 amide bonds. The van der Waals surface area contributed by atoms with E-state index in [2.05, 4.69) is 18.3 Å².